The summed E-state index contributed by atoms with van der Waals surface area (Å²) in [6, 6.07) is 9.20. The molecule has 0 aliphatic carbocycles. The summed E-state index contributed by atoms with van der Waals surface area (Å²) in [6.07, 6.45) is 4.52. The van der Waals surface area contributed by atoms with Crippen LogP contribution in [0.25, 0.3) is 11.7 Å². The molecule has 1 atom stereocenters. The van der Waals surface area contributed by atoms with Crippen molar-refractivity contribution in [1.29, 1.82) is 0 Å². The summed E-state index contributed by atoms with van der Waals surface area (Å²) in [5, 5.41) is 4.99. The fraction of sp³-hybridized carbons (Fsp3) is 0.167. The fourth-order valence-electron chi connectivity index (χ4n) is 2.36. The standard InChI is InChI=1S/C18H16ClN3O3S/c1-12(14-5-4-10-26-14)20-16(23)11-25-17(24)8-7-13-18(19)21-15-6-2-3-9-22(13)15/h2-10,12H,11H2,1H3,(H,20,23)/b8-7+/t12-/m0/s1. The number of thiophene rings is 1. The quantitative estimate of drug-likeness (QED) is 0.517. The number of hydrogen-bond acceptors (Lipinski definition) is 5. The number of pyridine rings is 1. The Kier molecular flexibility index (Phi) is 5.70. The molecule has 0 saturated carbocycles. The van der Waals surface area contributed by atoms with Gasteiger partial charge in [0.05, 0.1) is 11.7 Å². The first-order valence-electron chi connectivity index (χ1n) is 7.85. The number of hydrogen-bond donors (Lipinski definition) is 1. The summed E-state index contributed by atoms with van der Waals surface area (Å²) < 4.78 is 6.72. The molecule has 3 rings (SSSR count). The van der Waals surface area contributed by atoms with Gasteiger partial charge in [0.15, 0.2) is 11.8 Å². The fourth-order valence-corrected chi connectivity index (χ4v) is 3.33. The lowest BCUT2D eigenvalue weighted by atomic mass is 10.3. The molecular formula is C18H16ClN3O3S. The number of amides is 1. The third-order valence-corrected chi connectivity index (χ3v) is 4.93. The van der Waals surface area contributed by atoms with Crippen LogP contribution in [0.2, 0.25) is 5.15 Å². The Bertz CT molecular complexity index is 950. The maximum Gasteiger partial charge on any atom is 0.331 e. The van der Waals surface area contributed by atoms with E-state index in [4.69, 9.17) is 16.3 Å². The third kappa shape index (κ3) is 4.30. The molecule has 0 aliphatic rings. The van der Waals surface area contributed by atoms with Crippen LogP contribution in [0.4, 0.5) is 0 Å². The SMILES string of the molecule is C[C@H](NC(=O)COC(=O)/C=C/c1c(Cl)nc2ccccn12)c1cccs1. The second kappa shape index (κ2) is 8.16. The first kappa shape index (κ1) is 18.2. The van der Waals surface area contributed by atoms with Crippen LogP contribution in [0.3, 0.4) is 0 Å². The van der Waals surface area contributed by atoms with Crippen LogP contribution >= 0.6 is 22.9 Å². The normalized spacial score (nSPS) is 12.4. The molecule has 1 amide bonds. The molecule has 0 aliphatic heterocycles. The van der Waals surface area contributed by atoms with E-state index in [9.17, 15) is 9.59 Å². The minimum absolute atomic E-state index is 0.131. The minimum Gasteiger partial charge on any atom is -0.452 e. The van der Waals surface area contributed by atoms with E-state index < -0.39 is 5.97 Å². The van der Waals surface area contributed by atoms with Crippen molar-refractivity contribution >= 4 is 46.5 Å². The number of aromatic nitrogens is 2. The molecule has 3 heterocycles. The zero-order valence-electron chi connectivity index (χ0n) is 13.9. The number of halogens is 1. The Morgan fingerprint density at radius 2 is 2.23 bits per heavy atom. The van der Waals surface area contributed by atoms with Crippen molar-refractivity contribution in [1.82, 2.24) is 14.7 Å². The molecule has 6 nitrogen and oxygen atoms in total. The number of nitrogens with zero attached hydrogens (tertiary/aromatic N) is 2. The van der Waals surface area contributed by atoms with E-state index in [2.05, 4.69) is 10.3 Å². The zero-order chi connectivity index (χ0) is 18.5. The largest absolute Gasteiger partial charge is 0.452 e. The second-order valence-electron chi connectivity index (χ2n) is 5.46. The molecule has 0 fully saturated rings. The molecule has 0 bridgehead atoms. The van der Waals surface area contributed by atoms with Crippen molar-refractivity contribution in [3.8, 4) is 0 Å². The summed E-state index contributed by atoms with van der Waals surface area (Å²) in [7, 11) is 0. The van der Waals surface area contributed by atoms with Crippen molar-refractivity contribution in [3.63, 3.8) is 0 Å². The molecule has 0 unspecified atom stereocenters. The predicted octanol–water partition coefficient (Wildman–Crippen LogP) is 3.48. The predicted molar refractivity (Wildman–Crippen MR) is 101 cm³/mol. The van der Waals surface area contributed by atoms with Gasteiger partial charge in [0, 0.05) is 17.2 Å². The Hall–Kier alpha value is -2.64. The highest BCUT2D eigenvalue weighted by atomic mass is 35.5. The monoisotopic (exact) mass is 389 g/mol. The van der Waals surface area contributed by atoms with Crippen LogP contribution in [0.15, 0.2) is 48.0 Å². The van der Waals surface area contributed by atoms with Crippen molar-refractivity contribution in [3.05, 3.63) is 63.7 Å². The van der Waals surface area contributed by atoms with Gasteiger partial charge < -0.3 is 10.1 Å². The van der Waals surface area contributed by atoms with E-state index in [0.717, 1.165) is 4.88 Å². The van der Waals surface area contributed by atoms with Crippen molar-refractivity contribution < 1.29 is 14.3 Å². The number of esters is 1. The molecule has 8 heteroatoms. The Morgan fingerprint density at radius 1 is 1.38 bits per heavy atom. The van der Waals surface area contributed by atoms with Gasteiger partial charge in [0.25, 0.3) is 5.91 Å². The summed E-state index contributed by atoms with van der Waals surface area (Å²) in [6.45, 7) is 1.53. The van der Waals surface area contributed by atoms with Crippen molar-refractivity contribution in [2.75, 3.05) is 6.61 Å². The number of ether oxygens (including phenoxy) is 1. The molecule has 1 N–H and O–H groups in total. The minimum atomic E-state index is -0.633. The zero-order valence-corrected chi connectivity index (χ0v) is 15.5. The average molecular weight is 390 g/mol. The van der Waals surface area contributed by atoms with Crippen LogP contribution in [0, 0.1) is 0 Å². The van der Waals surface area contributed by atoms with Crippen molar-refractivity contribution in [2.45, 2.75) is 13.0 Å². The van der Waals surface area contributed by atoms with Crippen LogP contribution in [-0.4, -0.2) is 27.9 Å². The third-order valence-electron chi connectivity index (χ3n) is 3.59. The highest BCUT2D eigenvalue weighted by Gasteiger charge is 2.12. The van der Waals surface area contributed by atoms with Gasteiger partial charge in [0.2, 0.25) is 0 Å². The lowest BCUT2D eigenvalue weighted by Gasteiger charge is -2.11. The summed E-state index contributed by atoms with van der Waals surface area (Å²) >= 11 is 7.64. The number of carbonyl (C=O) groups excluding carboxylic acids is 2. The van der Waals surface area contributed by atoms with Gasteiger partial charge in [-0.1, -0.05) is 23.7 Å². The molecule has 0 saturated heterocycles. The molecular weight excluding hydrogens is 374 g/mol. The highest BCUT2D eigenvalue weighted by molar-refractivity contribution is 7.10. The summed E-state index contributed by atoms with van der Waals surface area (Å²) in [5.41, 5.74) is 1.24. The van der Waals surface area contributed by atoms with Gasteiger partial charge >= 0.3 is 5.97 Å². The van der Waals surface area contributed by atoms with Gasteiger partial charge in [-0.05, 0) is 36.6 Å². The average Bonchev–Trinajstić information content (AvgIpc) is 3.25. The van der Waals surface area contributed by atoms with Gasteiger partial charge in [-0.2, -0.15) is 0 Å². The maximum absolute atomic E-state index is 11.9. The van der Waals surface area contributed by atoms with Crippen molar-refractivity contribution in [2.24, 2.45) is 0 Å². The number of nitrogens with one attached hydrogen (secondary N) is 1. The smallest absolute Gasteiger partial charge is 0.331 e. The van der Waals surface area contributed by atoms with E-state index in [1.54, 1.807) is 28.0 Å². The molecule has 134 valence electrons. The lowest BCUT2D eigenvalue weighted by molar-refractivity contribution is -0.144. The molecule has 0 aromatic carbocycles. The van der Waals surface area contributed by atoms with Gasteiger partial charge in [0.1, 0.15) is 5.65 Å². The second-order valence-corrected chi connectivity index (χ2v) is 6.80. The number of imidazole rings is 1. The molecule has 0 radical (unpaired) electrons. The molecule has 0 spiro atoms. The van der Waals surface area contributed by atoms with Gasteiger partial charge in [-0.25, -0.2) is 9.78 Å². The lowest BCUT2D eigenvalue weighted by Crippen LogP contribution is -2.30. The Labute approximate surface area is 159 Å². The van der Waals surface area contributed by atoms with E-state index in [1.165, 1.54) is 12.2 Å². The van der Waals surface area contributed by atoms with E-state index in [-0.39, 0.29) is 23.7 Å². The van der Waals surface area contributed by atoms with Crippen LogP contribution in [-0.2, 0) is 14.3 Å². The van der Waals surface area contributed by atoms with Crippen LogP contribution < -0.4 is 5.32 Å². The Morgan fingerprint density at radius 3 is 3.00 bits per heavy atom. The van der Waals surface area contributed by atoms with E-state index >= 15 is 0 Å². The summed E-state index contributed by atoms with van der Waals surface area (Å²) in [5.74, 6) is -0.994. The Balaban J connectivity index is 1.54. The number of carbonyl (C=O) groups is 2. The molecule has 3 aromatic heterocycles. The molecule has 26 heavy (non-hydrogen) atoms. The van der Waals surface area contributed by atoms with Gasteiger partial charge in [-0.3, -0.25) is 9.20 Å². The van der Waals surface area contributed by atoms with E-state index in [1.807, 2.05) is 36.6 Å². The summed E-state index contributed by atoms with van der Waals surface area (Å²) in [4.78, 5) is 28.9. The van der Waals surface area contributed by atoms with Crippen LogP contribution in [0.5, 0.6) is 0 Å². The molecule has 3 aromatic rings. The topological polar surface area (TPSA) is 72.7 Å². The highest BCUT2D eigenvalue weighted by Crippen LogP contribution is 2.19. The van der Waals surface area contributed by atoms with Gasteiger partial charge in [-0.15, -0.1) is 11.3 Å². The number of fused-ring (bicyclic) bond motifs is 1. The number of rotatable bonds is 6. The maximum atomic E-state index is 11.9. The first-order chi connectivity index (χ1) is 12.5. The first-order valence-corrected chi connectivity index (χ1v) is 9.10. The van der Waals surface area contributed by atoms with E-state index in [0.29, 0.717) is 11.3 Å². The van der Waals surface area contributed by atoms with Crippen LogP contribution in [0.1, 0.15) is 23.5 Å².